The molecule has 2 heteroatoms. The van der Waals surface area contributed by atoms with Gasteiger partial charge in [-0.1, -0.05) is 12.7 Å². The van der Waals surface area contributed by atoms with E-state index < -0.39 is 0 Å². The molecule has 0 atom stereocenters. The second-order valence-corrected chi connectivity index (χ2v) is 2.74. The molecule has 0 aromatic rings. The van der Waals surface area contributed by atoms with Gasteiger partial charge in [-0.3, -0.25) is 9.89 Å². The lowest BCUT2D eigenvalue weighted by Gasteiger charge is -2.04. The highest BCUT2D eigenvalue weighted by Gasteiger charge is 2.14. The fourth-order valence-electron chi connectivity index (χ4n) is 1.26. The Balaban J connectivity index is 2.79. The zero-order chi connectivity index (χ0) is 8.27. The monoisotopic (exact) mass is 150 g/mol. The Morgan fingerprint density at radius 3 is 2.82 bits per heavy atom. The van der Waals surface area contributed by atoms with Crippen molar-refractivity contribution >= 4 is 6.21 Å². The summed E-state index contributed by atoms with van der Waals surface area (Å²) in [6.45, 7) is 7.62. The third kappa shape index (κ3) is 1.77. The summed E-state index contributed by atoms with van der Waals surface area (Å²) < 4.78 is 0. The molecule has 0 amide bonds. The highest BCUT2D eigenvalue weighted by atomic mass is 15.1. The summed E-state index contributed by atoms with van der Waals surface area (Å²) in [7, 11) is 2.08. The Labute approximate surface area is 67.9 Å². The molecule has 0 N–H and O–H groups in total. The first kappa shape index (κ1) is 8.21. The van der Waals surface area contributed by atoms with E-state index >= 15 is 0 Å². The van der Waals surface area contributed by atoms with E-state index in [-0.39, 0.29) is 0 Å². The molecule has 1 aliphatic rings. The van der Waals surface area contributed by atoms with E-state index in [1.165, 1.54) is 5.57 Å². The maximum atomic E-state index is 4.27. The van der Waals surface area contributed by atoms with Crippen molar-refractivity contribution in [2.75, 3.05) is 20.1 Å². The predicted molar refractivity (Wildman–Crippen MR) is 48.9 cm³/mol. The van der Waals surface area contributed by atoms with Gasteiger partial charge < -0.3 is 0 Å². The van der Waals surface area contributed by atoms with Crippen molar-refractivity contribution in [1.29, 1.82) is 0 Å². The quantitative estimate of drug-likeness (QED) is 0.544. The van der Waals surface area contributed by atoms with Gasteiger partial charge in [0.1, 0.15) is 0 Å². The van der Waals surface area contributed by atoms with Gasteiger partial charge in [0.05, 0.1) is 5.70 Å². The zero-order valence-corrected chi connectivity index (χ0v) is 7.17. The molecule has 0 bridgehead atoms. The van der Waals surface area contributed by atoms with Crippen LogP contribution in [0.1, 0.15) is 6.92 Å². The fraction of sp³-hybridized carbons (Fsp3) is 0.444. The first-order chi connectivity index (χ1) is 5.27. The largest absolute Gasteiger partial charge is 0.296 e. The molecule has 1 rings (SSSR count). The summed E-state index contributed by atoms with van der Waals surface area (Å²) in [5, 5.41) is 0. The molecule has 0 aromatic heterocycles. The summed E-state index contributed by atoms with van der Waals surface area (Å²) in [6.07, 6.45) is 3.73. The zero-order valence-electron chi connectivity index (χ0n) is 7.17. The van der Waals surface area contributed by atoms with Gasteiger partial charge in [0.2, 0.25) is 0 Å². The standard InChI is InChI=1S/C9H14N2/c1-4-8-6-11(3)7-9(8)10-5-2/h4-5H,1,6-7H2,2-3H3/b10-5-. The number of hydrogen-bond donors (Lipinski definition) is 0. The van der Waals surface area contributed by atoms with Gasteiger partial charge in [-0.05, 0) is 19.5 Å². The Bertz CT molecular complexity index is 214. The molecule has 60 valence electrons. The molecule has 0 aromatic carbocycles. The minimum absolute atomic E-state index is 0.950. The molecule has 0 fully saturated rings. The third-order valence-corrected chi connectivity index (χ3v) is 1.76. The van der Waals surface area contributed by atoms with E-state index in [4.69, 9.17) is 0 Å². The van der Waals surface area contributed by atoms with Crippen molar-refractivity contribution in [2.45, 2.75) is 6.92 Å². The summed E-state index contributed by atoms with van der Waals surface area (Å²) >= 11 is 0. The van der Waals surface area contributed by atoms with Crippen LogP contribution in [0.4, 0.5) is 0 Å². The summed E-state index contributed by atoms with van der Waals surface area (Å²) in [6, 6.07) is 0. The van der Waals surface area contributed by atoms with Crippen LogP contribution >= 0.6 is 0 Å². The van der Waals surface area contributed by atoms with Crippen molar-refractivity contribution < 1.29 is 0 Å². The molecule has 0 saturated heterocycles. The second kappa shape index (κ2) is 3.49. The van der Waals surface area contributed by atoms with Gasteiger partial charge in [0, 0.05) is 19.3 Å². The van der Waals surface area contributed by atoms with Crippen LogP contribution in [0, 0.1) is 0 Å². The van der Waals surface area contributed by atoms with Gasteiger partial charge in [-0.2, -0.15) is 0 Å². The highest BCUT2D eigenvalue weighted by molar-refractivity contribution is 5.56. The summed E-state index contributed by atoms with van der Waals surface area (Å²) in [5.74, 6) is 0. The summed E-state index contributed by atoms with van der Waals surface area (Å²) in [4.78, 5) is 6.49. The van der Waals surface area contributed by atoms with E-state index in [1.54, 1.807) is 0 Å². The summed E-state index contributed by atoms with van der Waals surface area (Å²) in [5.41, 5.74) is 2.41. The van der Waals surface area contributed by atoms with E-state index in [0.717, 1.165) is 18.8 Å². The molecule has 11 heavy (non-hydrogen) atoms. The third-order valence-electron chi connectivity index (χ3n) is 1.76. The van der Waals surface area contributed by atoms with E-state index in [2.05, 4.69) is 23.5 Å². The normalized spacial score (nSPS) is 20.2. The Kier molecular flexibility index (Phi) is 2.60. The smallest absolute Gasteiger partial charge is 0.0584 e. The highest BCUT2D eigenvalue weighted by Crippen LogP contribution is 2.16. The van der Waals surface area contributed by atoms with Gasteiger partial charge in [-0.15, -0.1) is 0 Å². The number of likely N-dealkylation sites (N-methyl/N-ethyl adjacent to an activating group) is 1. The van der Waals surface area contributed by atoms with Crippen LogP contribution in [-0.4, -0.2) is 31.3 Å². The maximum Gasteiger partial charge on any atom is 0.0584 e. The van der Waals surface area contributed by atoms with Gasteiger partial charge >= 0.3 is 0 Å². The maximum absolute atomic E-state index is 4.27. The van der Waals surface area contributed by atoms with Crippen molar-refractivity contribution in [3.05, 3.63) is 23.9 Å². The first-order valence-corrected chi connectivity index (χ1v) is 3.79. The number of aliphatic imine (C=N–C) groups is 1. The van der Waals surface area contributed by atoms with Crippen molar-refractivity contribution in [3.8, 4) is 0 Å². The first-order valence-electron chi connectivity index (χ1n) is 3.79. The van der Waals surface area contributed by atoms with Gasteiger partial charge in [0.25, 0.3) is 0 Å². The van der Waals surface area contributed by atoms with Crippen molar-refractivity contribution in [3.63, 3.8) is 0 Å². The minimum atomic E-state index is 0.950. The van der Waals surface area contributed by atoms with Gasteiger partial charge in [0.15, 0.2) is 0 Å². The van der Waals surface area contributed by atoms with Crippen LogP contribution in [0.3, 0.4) is 0 Å². The van der Waals surface area contributed by atoms with Crippen molar-refractivity contribution in [2.24, 2.45) is 4.99 Å². The number of rotatable bonds is 2. The van der Waals surface area contributed by atoms with Crippen LogP contribution in [0.5, 0.6) is 0 Å². The molecule has 2 nitrogen and oxygen atoms in total. The average molecular weight is 150 g/mol. The Morgan fingerprint density at radius 1 is 1.55 bits per heavy atom. The molecule has 0 unspecified atom stereocenters. The molecule has 1 aliphatic heterocycles. The van der Waals surface area contributed by atoms with Crippen LogP contribution in [0.2, 0.25) is 0 Å². The second-order valence-electron chi connectivity index (χ2n) is 2.74. The lowest BCUT2D eigenvalue weighted by molar-refractivity contribution is 0.425. The van der Waals surface area contributed by atoms with Gasteiger partial charge in [-0.25, -0.2) is 0 Å². The fourth-order valence-corrected chi connectivity index (χ4v) is 1.26. The number of nitrogens with zero attached hydrogens (tertiary/aromatic N) is 2. The predicted octanol–water partition coefficient (Wildman–Crippen LogP) is 1.46. The SMILES string of the molecule is C=CC1=C(/N=C\C)CN(C)C1. The Hall–Kier alpha value is -0.890. The van der Waals surface area contributed by atoms with E-state index in [9.17, 15) is 0 Å². The van der Waals surface area contributed by atoms with E-state index in [1.807, 2.05) is 19.2 Å². The minimum Gasteiger partial charge on any atom is -0.296 e. The van der Waals surface area contributed by atoms with Crippen LogP contribution in [-0.2, 0) is 0 Å². The van der Waals surface area contributed by atoms with Crippen LogP contribution < -0.4 is 0 Å². The molecule has 0 radical (unpaired) electrons. The molecule has 0 aliphatic carbocycles. The molecule has 0 saturated carbocycles. The molecule has 1 heterocycles. The van der Waals surface area contributed by atoms with E-state index in [0.29, 0.717) is 0 Å². The lowest BCUT2D eigenvalue weighted by Crippen LogP contribution is -2.14. The lowest BCUT2D eigenvalue weighted by atomic mass is 10.2. The Morgan fingerprint density at radius 2 is 2.27 bits per heavy atom. The van der Waals surface area contributed by atoms with Crippen molar-refractivity contribution in [1.82, 2.24) is 4.90 Å². The van der Waals surface area contributed by atoms with Crippen LogP contribution in [0.15, 0.2) is 28.9 Å². The molecule has 0 spiro atoms. The van der Waals surface area contributed by atoms with Crippen LogP contribution in [0.25, 0.3) is 0 Å². The number of hydrogen-bond acceptors (Lipinski definition) is 2. The molecular formula is C9H14N2. The average Bonchev–Trinajstić information content (AvgIpc) is 2.32. The molecular weight excluding hydrogens is 136 g/mol. The topological polar surface area (TPSA) is 15.6 Å².